The van der Waals surface area contributed by atoms with E-state index in [0.29, 0.717) is 0 Å². The summed E-state index contributed by atoms with van der Waals surface area (Å²) in [6, 6.07) is 19.2. The first kappa shape index (κ1) is 18.2. The number of pyridine rings is 1. The van der Waals surface area contributed by atoms with Gasteiger partial charge in [0.25, 0.3) is 0 Å². The number of hydrogen-bond donors (Lipinski definition) is 0. The minimum atomic E-state index is 0.863. The Labute approximate surface area is 156 Å². The highest BCUT2D eigenvalue weighted by atomic mass is 16.5. The predicted molar refractivity (Wildman–Crippen MR) is 110 cm³/mol. The first-order chi connectivity index (χ1) is 12.7. The van der Waals surface area contributed by atoms with Crippen molar-refractivity contribution in [3.63, 3.8) is 0 Å². The molecule has 2 heteroatoms. The normalized spacial score (nSPS) is 10.7. The predicted octanol–water partition coefficient (Wildman–Crippen LogP) is 6.47. The van der Waals surface area contributed by atoms with Crippen molar-refractivity contribution in [3.05, 3.63) is 71.9 Å². The van der Waals surface area contributed by atoms with E-state index in [1.807, 2.05) is 18.3 Å². The number of nitrogens with zero attached hydrogens (tertiary/aromatic N) is 1. The maximum Gasteiger partial charge on any atom is 0.118 e. The molecule has 0 unspecified atom stereocenters. The van der Waals surface area contributed by atoms with Crippen molar-refractivity contribution in [1.29, 1.82) is 0 Å². The van der Waals surface area contributed by atoms with E-state index in [4.69, 9.17) is 9.72 Å². The Kier molecular flexibility index (Phi) is 6.06. The van der Waals surface area contributed by atoms with Crippen LogP contribution in [0.15, 0.2) is 60.8 Å². The van der Waals surface area contributed by atoms with E-state index in [2.05, 4.69) is 56.3 Å². The van der Waals surface area contributed by atoms with Crippen molar-refractivity contribution in [2.24, 2.45) is 0 Å². The second-order valence-electron chi connectivity index (χ2n) is 6.79. The summed E-state index contributed by atoms with van der Waals surface area (Å²) in [6.07, 6.45) is 6.84. The second-order valence-corrected chi connectivity index (χ2v) is 6.79. The average Bonchev–Trinajstić information content (AvgIpc) is 2.69. The molecule has 2 nitrogen and oxygen atoms in total. The van der Waals surface area contributed by atoms with Crippen molar-refractivity contribution in [1.82, 2.24) is 4.98 Å². The van der Waals surface area contributed by atoms with Gasteiger partial charge in [-0.1, -0.05) is 49.6 Å². The number of unbranched alkanes of at least 4 members (excludes halogenated alkanes) is 2. The summed E-state index contributed by atoms with van der Waals surface area (Å²) in [7, 11) is 1.69. The van der Waals surface area contributed by atoms with Crippen LogP contribution in [0.3, 0.4) is 0 Å². The molecule has 0 spiro atoms. The van der Waals surface area contributed by atoms with Gasteiger partial charge in [-0.15, -0.1) is 0 Å². The molecule has 0 N–H and O–H groups in total. The summed E-state index contributed by atoms with van der Waals surface area (Å²) in [5.41, 5.74) is 7.13. The van der Waals surface area contributed by atoms with Crippen LogP contribution in [0.2, 0.25) is 0 Å². The molecule has 26 heavy (non-hydrogen) atoms. The van der Waals surface area contributed by atoms with E-state index < -0.39 is 0 Å². The monoisotopic (exact) mass is 345 g/mol. The number of aromatic nitrogens is 1. The summed E-state index contributed by atoms with van der Waals surface area (Å²) in [4.78, 5) is 4.84. The van der Waals surface area contributed by atoms with Crippen LogP contribution in [0.25, 0.3) is 22.4 Å². The molecule has 0 saturated heterocycles. The summed E-state index contributed by atoms with van der Waals surface area (Å²) in [5.74, 6) is 0.863. The number of methoxy groups -OCH3 is 1. The fourth-order valence-corrected chi connectivity index (χ4v) is 3.16. The van der Waals surface area contributed by atoms with Gasteiger partial charge in [-0.05, 0) is 61.2 Å². The van der Waals surface area contributed by atoms with Crippen LogP contribution in [-0.2, 0) is 6.42 Å². The lowest BCUT2D eigenvalue weighted by Gasteiger charge is -2.12. The van der Waals surface area contributed by atoms with E-state index in [1.165, 1.54) is 41.5 Å². The summed E-state index contributed by atoms with van der Waals surface area (Å²) < 4.78 is 5.29. The molecular formula is C24H27NO. The molecule has 0 atom stereocenters. The van der Waals surface area contributed by atoms with Gasteiger partial charge >= 0.3 is 0 Å². The van der Waals surface area contributed by atoms with Crippen molar-refractivity contribution in [2.45, 2.75) is 39.5 Å². The number of benzene rings is 2. The lowest BCUT2D eigenvalue weighted by molar-refractivity contribution is 0.415. The van der Waals surface area contributed by atoms with Gasteiger partial charge in [0.1, 0.15) is 5.75 Å². The van der Waals surface area contributed by atoms with Crippen LogP contribution >= 0.6 is 0 Å². The topological polar surface area (TPSA) is 22.1 Å². The van der Waals surface area contributed by atoms with Crippen LogP contribution < -0.4 is 4.74 Å². The molecule has 0 aliphatic heterocycles. The molecule has 0 amide bonds. The first-order valence-corrected chi connectivity index (χ1v) is 9.41. The van der Waals surface area contributed by atoms with Crippen molar-refractivity contribution in [3.8, 4) is 28.1 Å². The maximum absolute atomic E-state index is 5.29. The average molecular weight is 345 g/mol. The third kappa shape index (κ3) is 4.32. The minimum absolute atomic E-state index is 0.863. The summed E-state index contributed by atoms with van der Waals surface area (Å²) in [5, 5.41) is 0. The molecule has 0 aliphatic rings. The smallest absolute Gasteiger partial charge is 0.118 e. The Morgan fingerprint density at radius 3 is 2.23 bits per heavy atom. The zero-order valence-electron chi connectivity index (χ0n) is 16.0. The molecule has 0 fully saturated rings. The standard InChI is InChI=1S/C24H27NO/c1-4-5-6-7-19-16-23(20-10-8-18(2)9-11-20)24(25-17-19)21-12-14-22(26-3)15-13-21/h8-17H,4-7H2,1-3H3. The first-order valence-electron chi connectivity index (χ1n) is 9.41. The molecule has 0 saturated carbocycles. The summed E-state index contributed by atoms with van der Waals surface area (Å²) >= 11 is 0. The van der Waals surface area contributed by atoms with Crippen molar-refractivity contribution in [2.75, 3.05) is 7.11 Å². The lowest BCUT2D eigenvalue weighted by Crippen LogP contribution is -1.94. The molecule has 3 rings (SSSR count). The Morgan fingerprint density at radius 2 is 1.58 bits per heavy atom. The van der Waals surface area contributed by atoms with Gasteiger partial charge in [0.2, 0.25) is 0 Å². The third-order valence-electron chi connectivity index (χ3n) is 4.74. The van der Waals surface area contributed by atoms with E-state index >= 15 is 0 Å². The molecule has 0 bridgehead atoms. The molecule has 0 radical (unpaired) electrons. The highest BCUT2D eigenvalue weighted by Gasteiger charge is 2.11. The fraction of sp³-hybridized carbons (Fsp3) is 0.292. The van der Waals surface area contributed by atoms with Gasteiger partial charge in [0.05, 0.1) is 12.8 Å². The Bertz CT molecular complexity index is 835. The Balaban J connectivity index is 2.02. The molecule has 134 valence electrons. The van der Waals surface area contributed by atoms with Gasteiger partial charge in [-0.25, -0.2) is 0 Å². The second kappa shape index (κ2) is 8.66. The number of ether oxygens (including phenoxy) is 1. The molecule has 0 aliphatic carbocycles. The third-order valence-corrected chi connectivity index (χ3v) is 4.74. The minimum Gasteiger partial charge on any atom is -0.497 e. The van der Waals surface area contributed by atoms with E-state index in [1.54, 1.807) is 7.11 Å². The van der Waals surface area contributed by atoms with Crippen molar-refractivity contribution < 1.29 is 4.74 Å². The maximum atomic E-state index is 5.29. The quantitative estimate of drug-likeness (QED) is 0.458. The molecule has 1 heterocycles. The van der Waals surface area contributed by atoms with Gasteiger partial charge < -0.3 is 4.74 Å². The van der Waals surface area contributed by atoms with E-state index in [0.717, 1.165) is 23.4 Å². The van der Waals surface area contributed by atoms with Gasteiger partial charge in [0.15, 0.2) is 0 Å². The summed E-state index contributed by atoms with van der Waals surface area (Å²) in [6.45, 7) is 4.36. The highest BCUT2D eigenvalue weighted by molar-refractivity contribution is 5.81. The molecular weight excluding hydrogens is 318 g/mol. The number of rotatable bonds is 7. The Hall–Kier alpha value is -2.61. The van der Waals surface area contributed by atoms with E-state index in [9.17, 15) is 0 Å². The van der Waals surface area contributed by atoms with Gasteiger partial charge in [0, 0.05) is 17.3 Å². The van der Waals surface area contributed by atoms with Crippen LogP contribution in [0.4, 0.5) is 0 Å². The molecule has 3 aromatic rings. The van der Waals surface area contributed by atoms with Crippen LogP contribution in [0, 0.1) is 6.92 Å². The zero-order chi connectivity index (χ0) is 18.4. The van der Waals surface area contributed by atoms with E-state index in [-0.39, 0.29) is 0 Å². The zero-order valence-corrected chi connectivity index (χ0v) is 16.0. The number of hydrogen-bond acceptors (Lipinski definition) is 2. The fourth-order valence-electron chi connectivity index (χ4n) is 3.16. The Morgan fingerprint density at radius 1 is 0.885 bits per heavy atom. The highest BCUT2D eigenvalue weighted by Crippen LogP contribution is 2.32. The molecule has 1 aromatic heterocycles. The van der Waals surface area contributed by atoms with Gasteiger partial charge in [-0.2, -0.15) is 0 Å². The molecule has 2 aromatic carbocycles. The van der Waals surface area contributed by atoms with Crippen LogP contribution in [-0.4, -0.2) is 12.1 Å². The van der Waals surface area contributed by atoms with Crippen molar-refractivity contribution >= 4 is 0 Å². The number of aryl methyl sites for hydroxylation is 2. The van der Waals surface area contributed by atoms with Crippen LogP contribution in [0.1, 0.15) is 37.3 Å². The SMILES string of the molecule is CCCCCc1cnc(-c2ccc(OC)cc2)c(-c2ccc(C)cc2)c1. The van der Waals surface area contributed by atoms with Crippen LogP contribution in [0.5, 0.6) is 5.75 Å². The lowest BCUT2D eigenvalue weighted by atomic mass is 9.96. The van der Waals surface area contributed by atoms with Gasteiger partial charge in [-0.3, -0.25) is 4.98 Å². The largest absolute Gasteiger partial charge is 0.497 e.